The second-order valence-electron chi connectivity index (χ2n) is 5.69. The summed E-state index contributed by atoms with van der Waals surface area (Å²) in [4.78, 5) is 15.4. The van der Waals surface area contributed by atoms with Crippen molar-refractivity contribution in [1.29, 1.82) is 0 Å². The SMILES string of the molecule is O=C(O)c1c(NS(=O)(=O)c2cnc(Cl)c(Br)c2)ccc2c1CCCC2. The summed E-state index contributed by atoms with van der Waals surface area (Å²) in [6.45, 7) is 0. The molecular formula is C16H14BrClN2O4S. The molecule has 0 amide bonds. The molecule has 0 aliphatic heterocycles. The predicted octanol–water partition coefficient (Wildman–Crippen LogP) is 3.88. The van der Waals surface area contributed by atoms with Gasteiger partial charge in [0.05, 0.1) is 15.7 Å². The largest absolute Gasteiger partial charge is 0.478 e. The number of carboxylic acid groups (broad SMARTS) is 1. The van der Waals surface area contributed by atoms with Crippen molar-refractivity contribution in [3.05, 3.63) is 50.7 Å². The Morgan fingerprint density at radius 1 is 1.28 bits per heavy atom. The van der Waals surface area contributed by atoms with Crippen molar-refractivity contribution >= 4 is 49.2 Å². The Morgan fingerprint density at radius 2 is 2.00 bits per heavy atom. The van der Waals surface area contributed by atoms with Crippen LogP contribution in [0, 0.1) is 0 Å². The fraction of sp³-hybridized carbons (Fsp3) is 0.250. The maximum absolute atomic E-state index is 12.6. The highest BCUT2D eigenvalue weighted by Gasteiger charge is 2.25. The summed E-state index contributed by atoms with van der Waals surface area (Å²) in [6, 6.07) is 4.61. The molecule has 0 fully saturated rings. The van der Waals surface area contributed by atoms with Gasteiger partial charge >= 0.3 is 5.97 Å². The number of hydrogen-bond acceptors (Lipinski definition) is 4. The van der Waals surface area contributed by atoms with Crippen molar-refractivity contribution in [3.8, 4) is 0 Å². The van der Waals surface area contributed by atoms with Gasteiger partial charge in [-0.2, -0.15) is 0 Å². The number of aromatic nitrogens is 1. The molecule has 1 heterocycles. The van der Waals surface area contributed by atoms with Gasteiger partial charge in [-0.15, -0.1) is 0 Å². The highest BCUT2D eigenvalue weighted by Crippen LogP contribution is 2.31. The zero-order valence-electron chi connectivity index (χ0n) is 12.9. The summed E-state index contributed by atoms with van der Waals surface area (Å²) >= 11 is 8.92. The van der Waals surface area contributed by atoms with Gasteiger partial charge in [0.2, 0.25) is 0 Å². The normalized spacial score (nSPS) is 14.0. The molecule has 0 spiro atoms. The van der Waals surface area contributed by atoms with E-state index in [2.05, 4.69) is 25.6 Å². The van der Waals surface area contributed by atoms with Crippen LogP contribution in [0.2, 0.25) is 5.15 Å². The topological polar surface area (TPSA) is 96.4 Å². The zero-order chi connectivity index (χ0) is 18.2. The molecular weight excluding hydrogens is 432 g/mol. The molecule has 1 aliphatic carbocycles. The second-order valence-corrected chi connectivity index (χ2v) is 8.58. The summed E-state index contributed by atoms with van der Waals surface area (Å²) in [5.74, 6) is -1.15. The molecule has 1 aliphatic rings. The Kier molecular flexibility index (Phi) is 5.04. The molecule has 1 aromatic carbocycles. The van der Waals surface area contributed by atoms with Crippen LogP contribution in [0.3, 0.4) is 0 Å². The van der Waals surface area contributed by atoms with E-state index in [-0.39, 0.29) is 21.3 Å². The first-order valence-electron chi connectivity index (χ1n) is 7.51. The molecule has 2 N–H and O–H groups in total. The van der Waals surface area contributed by atoms with Crippen molar-refractivity contribution in [1.82, 2.24) is 4.98 Å². The maximum Gasteiger partial charge on any atom is 0.338 e. The summed E-state index contributed by atoms with van der Waals surface area (Å²) in [5, 5.41) is 9.74. The number of anilines is 1. The number of carbonyl (C=O) groups is 1. The van der Waals surface area contributed by atoms with E-state index in [4.69, 9.17) is 11.6 Å². The van der Waals surface area contributed by atoms with Crippen LogP contribution in [-0.4, -0.2) is 24.5 Å². The molecule has 2 aromatic rings. The number of carboxylic acids is 1. The molecule has 0 atom stereocenters. The van der Waals surface area contributed by atoms with Crippen LogP contribution in [-0.2, 0) is 22.9 Å². The molecule has 25 heavy (non-hydrogen) atoms. The van der Waals surface area contributed by atoms with Crippen LogP contribution in [0.1, 0.15) is 34.3 Å². The molecule has 1 aromatic heterocycles. The van der Waals surface area contributed by atoms with E-state index in [0.717, 1.165) is 31.0 Å². The van der Waals surface area contributed by atoms with E-state index < -0.39 is 16.0 Å². The lowest BCUT2D eigenvalue weighted by Crippen LogP contribution is -2.19. The minimum absolute atomic E-state index is 0.0155. The average Bonchev–Trinajstić information content (AvgIpc) is 2.56. The first-order valence-corrected chi connectivity index (χ1v) is 10.2. The summed E-state index contributed by atoms with van der Waals surface area (Å²) < 4.78 is 27.9. The number of aromatic carboxylic acids is 1. The van der Waals surface area contributed by atoms with Crippen molar-refractivity contribution in [2.24, 2.45) is 0 Å². The van der Waals surface area contributed by atoms with Gasteiger partial charge in [-0.3, -0.25) is 4.72 Å². The molecule has 6 nitrogen and oxygen atoms in total. The molecule has 132 valence electrons. The molecule has 3 rings (SSSR count). The van der Waals surface area contributed by atoms with Crippen molar-refractivity contribution in [2.45, 2.75) is 30.6 Å². The Bertz CT molecular complexity index is 963. The van der Waals surface area contributed by atoms with Gasteiger partial charge in [0.25, 0.3) is 10.0 Å². The smallest absolute Gasteiger partial charge is 0.338 e. The van der Waals surface area contributed by atoms with Crippen LogP contribution >= 0.6 is 27.5 Å². The number of rotatable bonds is 4. The highest BCUT2D eigenvalue weighted by atomic mass is 79.9. The van der Waals surface area contributed by atoms with Crippen LogP contribution in [0.15, 0.2) is 33.8 Å². The Labute approximate surface area is 158 Å². The zero-order valence-corrected chi connectivity index (χ0v) is 16.1. The Morgan fingerprint density at radius 3 is 2.68 bits per heavy atom. The van der Waals surface area contributed by atoms with Gasteiger partial charge in [0, 0.05) is 6.20 Å². The van der Waals surface area contributed by atoms with E-state index in [0.29, 0.717) is 16.5 Å². The van der Waals surface area contributed by atoms with Gasteiger partial charge in [-0.25, -0.2) is 18.2 Å². The van der Waals surface area contributed by atoms with Crippen molar-refractivity contribution in [2.75, 3.05) is 4.72 Å². The third kappa shape index (κ3) is 3.65. The number of aryl methyl sites for hydroxylation is 1. The molecule has 9 heteroatoms. The van der Waals surface area contributed by atoms with E-state index in [9.17, 15) is 18.3 Å². The second kappa shape index (κ2) is 6.93. The lowest BCUT2D eigenvalue weighted by molar-refractivity contribution is 0.0696. The van der Waals surface area contributed by atoms with E-state index in [1.165, 1.54) is 12.1 Å². The van der Waals surface area contributed by atoms with Gasteiger partial charge in [-0.05, 0) is 64.9 Å². The first-order chi connectivity index (χ1) is 11.8. The monoisotopic (exact) mass is 444 g/mol. The lowest BCUT2D eigenvalue weighted by Gasteiger charge is -2.20. The molecule has 0 bridgehead atoms. The average molecular weight is 446 g/mol. The minimum Gasteiger partial charge on any atom is -0.478 e. The first kappa shape index (κ1) is 18.2. The van der Waals surface area contributed by atoms with E-state index in [1.54, 1.807) is 6.07 Å². The van der Waals surface area contributed by atoms with Crippen LogP contribution in [0.4, 0.5) is 5.69 Å². The van der Waals surface area contributed by atoms with Crippen LogP contribution in [0.25, 0.3) is 0 Å². The Hall–Kier alpha value is -1.64. The summed E-state index contributed by atoms with van der Waals surface area (Å²) in [6.07, 6.45) is 4.44. The van der Waals surface area contributed by atoms with Gasteiger partial charge < -0.3 is 5.11 Å². The quantitative estimate of drug-likeness (QED) is 0.696. The minimum atomic E-state index is -4.00. The maximum atomic E-state index is 12.6. The Balaban J connectivity index is 2.05. The van der Waals surface area contributed by atoms with Crippen molar-refractivity contribution in [3.63, 3.8) is 0 Å². The molecule has 0 unspecified atom stereocenters. The highest BCUT2D eigenvalue weighted by molar-refractivity contribution is 9.10. The molecule has 0 saturated heterocycles. The lowest BCUT2D eigenvalue weighted by atomic mass is 9.87. The third-order valence-electron chi connectivity index (χ3n) is 4.07. The van der Waals surface area contributed by atoms with E-state index in [1.807, 2.05) is 0 Å². The fourth-order valence-electron chi connectivity index (χ4n) is 2.91. The van der Waals surface area contributed by atoms with Gasteiger partial charge in [-0.1, -0.05) is 17.7 Å². The van der Waals surface area contributed by atoms with Crippen LogP contribution < -0.4 is 4.72 Å². The fourth-order valence-corrected chi connectivity index (χ4v) is 4.56. The number of pyridine rings is 1. The molecule has 0 radical (unpaired) electrons. The number of hydrogen-bond donors (Lipinski definition) is 2. The van der Waals surface area contributed by atoms with Gasteiger partial charge in [0.15, 0.2) is 0 Å². The number of fused-ring (bicyclic) bond motifs is 1. The number of benzene rings is 1. The number of nitrogens with one attached hydrogen (secondary N) is 1. The van der Waals surface area contributed by atoms with Crippen LogP contribution in [0.5, 0.6) is 0 Å². The van der Waals surface area contributed by atoms with Crippen molar-refractivity contribution < 1.29 is 18.3 Å². The third-order valence-corrected chi connectivity index (χ3v) is 6.54. The predicted molar refractivity (Wildman–Crippen MR) is 97.8 cm³/mol. The standard InChI is InChI=1S/C16H14BrClN2O4S/c17-12-7-10(8-19-15(12)18)25(23,24)20-13-6-5-9-3-1-2-4-11(9)14(13)16(21)22/h5-8,20H,1-4H2,(H,21,22). The van der Waals surface area contributed by atoms with E-state index >= 15 is 0 Å². The summed E-state index contributed by atoms with van der Waals surface area (Å²) in [5.41, 5.74) is 1.73. The van der Waals surface area contributed by atoms with Gasteiger partial charge in [0.1, 0.15) is 10.0 Å². The summed E-state index contributed by atoms with van der Waals surface area (Å²) in [7, 11) is -4.00. The number of halogens is 2. The number of sulfonamides is 1. The molecule has 0 saturated carbocycles. The number of nitrogens with zero attached hydrogens (tertiary/aromatic N) is 1.